The third-order valence-electron chi connectivity index (χ3n) is 6.35. The fraction of sp³-hybridized carbons (Fsp3) is 0.273. The van der Waals surface area contributed by atoms with E-state index in [1.807, 2.05) is 6.07 Å². The first-order chi connectivity index (χ1) is 15.2. The zero-order valence-electron chi connectivity index (χ0n) is 16.7. The number of hydrogen-bond acceptors (Lipinski definition) is 4. The molecule has 3 fully saturated rings. The van der Waals surface area contributed by atoms with Gasteiger partial charge in [0.05, 0.1) is 28.4 Å². The fourth-order valence-corrected chi connectivity index (χ4v) is 5.16. The van der Waals surface area contributed by atoms with Crippen molar-refractivity contribution in [2.75, 3.05) is 11.4 Å². The van der Waals surface area contributed by atoms with E-state index in [1.165, 1.54) is 21.9 Å². The minimum atomic E-state index is -0.891. The molecule has 2 aromatic rings. The molecule has 3 saturated heterocycles. The van der Waals surface area contributed by atoms with Crippen LogP contribution in [0.25, 0.3) is 0 Å². The molecule has 10 heteroatoms. The van der Waals surface area contributed by atoms with Gasteiger partial charge in [-0.2, -0.15) is 5.26 Å². The number of nitriles is 1. The second kappa shape index (κ2) is 7.00. The summed E-state index contributed by atoms with van der Waals surface area (Å²) >= 11 is 6.22. The molecule has 0 aromatic heterocycles. The lowest BCUT2D eigenvalue weighted by Gasteiger charge is -2.35. The van der Waals surface area contributed by atoms with Gasteiger partial charge in [-0.3, -0.25) is 9.59 Å². The molecule has 0 radical (unpaired) electrons. The van der Waals surface area contributed by atoms with Gasteiger partial charge in [0.2, 0.25) is 0 Å². The quantitative estimate of drug-likeness (QED) is 0.649. The first-order valence-corrected chi connectivity index (χ1v) is 10.2. The molecule has 0 saturated carbocycles. The van der Waals surface area contributed by atoms with Crippen LogP contribution in [-0.2, 0) is 4.79 Å². The third kappa shape index (κ3) is 2.72. The Morgan fingerprint density at radius 1 is 1.19 bits per heavy atom. The molecule has 3 aliphatic rings. The van der Waals surface area contributed by atoms with Gasteiger partial charge in [-0.05, 0) is 43.2 Å². The van der Waals surface area contributed by atoms with Crippen molar-refractivity contribution in [3.8, 4) is 6.07 Å². The molecule has 4 amide bonds. The van der Waals surface area contributed by atoms with Gasteiger partial charge in [0.25, 0.3) is 11.8 Å². The van der Waals surface area contributed by atoms with Gasteiger partial charge >= 0.3 is 6.03 Å². The van der Waals surface area contributed by atoms with Gasteiger partial charge in [0.1, 0.15) is 23.7 Å². The number of nitrogens with zero attached hydrogens (tertiary/aromatic N) is 4. The smallest absolute Gasteiger partial charge is 0.331 e. The van der Waals surface area contributed by atoms with Crippen LogP contribution in [-0.4, -0.2) is 52.3 Å². The van der Waals surface area contributed by atoms with Gasteiger partial charge in [0.15, 0.2) is 0 Å². The summed E-state index contributed by atoms with van der Waals surface area (Å²) in [6, 6.07) is 5.08. The highest BCUT2D eigenvalue weighted by atomic mass is 35.5. The SMILES string of the molecule is Cc1c(N2C(=O)[C@@H]3[C@@H]4C[C@@H](CN4C(=O)c4cc(F)cc(F)c4)N3C2=O)ccc(C#N)c1Cl. The van der Waals surface area contributed by atoms with Gasteiger partial charge < -0.3 is 9.80 Å². The number of halogens is 3. The van der Waals surface area contributed by atoms with Crippen molar-refractivity contribution in [3.63, 3.8) is 0 Å². The first kappa shape index (κ1) is 20.4. The zero-order valence-corrected chi connectivity index (χ0v) is 17.4. The third-order valence-corrected chi connectivity index (χ3v) is 6.84. The molecule has 7 nitrogen and oxygen atoms in total. The van der Waals surface area contributed by atoms with Crippen molar-refractivity contribution >= 4 is 35.1 Å². The summed E-state index contributed by atoms with van der Waals surface area (Å²) in [4.78, 5) is 43.3. The lowest BCUT2D eigenvalue weighted by molar-refractivity contribution is -0.121. The Kier molecular flexibility index (Phi) is 4.46. The van der Waals surface area contributed by atoms with E-state index in [1.54, 1.807) is 6.92 Å². The second-order valence-corrected chi connectivity index (χ2v) is 8.44. The Morgan fingerprint density at radius 2 is 1.88 bits per heavy atom. The molecule has 2 bridgehead atoms. The summed E-state index contributed by atoms with van der Waals surface area (Å²) in [5.74, 6) is -2.84. The predicted octanol–water partition coefficient (Wildman–Crippen LogP) is 3.23. The van der Waals surface area contributed by atoms with Crippen LogP contribution >= 0.6 is 11.6 Å². The number of fused-ring (bicyclic) bond motifs is 5. The molecule has 0 spiro atoms. The van der Waals surface area contributed by atoms with E-state index in [-0.39, 0.29) is 34.4 Å². The maximum Gasteiger partial charge on any atom is 0.332 e. The first-order valence-electron chi connectivity index (χ1n) is 9.85. The minimum absolute atomic E-state index is 0.148. The topological polar surface area (TPSA) is 84.7 Å². The summed E-state index contributed by atoms with van der Waals surface area (Å²) in [6.07, 6.45) is 0.409. The number of amides is 4. The standard InChI is InChI=1S/C22H15ClF2N4O3/c1-10-16(3-2-11(8-26)18(10)23)29-21(31)19-17-7-15(28(19)22(29)32)9-27(17)20(30)12-4-13(24)6-14(25)5-12/h2-6,15,17,19H,7,9H2,1H3/t15-,17-,19-/m0/s1. The van der Waals surface area contributed by atoms with Crippen LogP contribution in [0.2, 0.25) is 5.02 Å². The molecule has 3 aliphatic heterocycles. The summed E-state index contributed by atoms with van der Waals surface area (Å²) in [5, 5.41) is 9.30. The van der Waals surface area contributed by atoms with E-state index in [0.29, 0.717) is 18.1 Å². The minimum Gasteiger partial charge on any atom is -0.331 e. The average molecular weight is 457 g/mol. The largest absolute Gasteiger partial charge is 0.332 e. The highest BCUT2D eigenvalue weighted by Crippen LogP contribution is 2.44. The molecule has 3 heterocycles. The summed E-state index contributed by atoms with van der Waals surface area (Å²) in [6.45, 7) is 1.78. The lowest BCUT2D eigenvalue weighted by Crippen LogP contribution is -2.54. The van der Waals surface area contributed by atoms with Gasteiger partial charge in [-0.25, -0.2) is 18.5 Å². The van der Waals surface area contributed by atoms with Crippen molar-refractivity contribution in [3.05, 3.63) is 63.7 Å². The molecule has 5 rings (SSSR count). The number of carbonyl (C=O) groups excluding carboxylic acids is 3. The van der Waals surface area contributed by atoms with Crippen LogP contribution in [0.1, 0.15) is 27.9 Å². The molecule has 0 unspecified atom stereocenters. The van der Waals surface area contributed by atoms with Crippen LogP contribution in [0, 0.1) is 29.9 Å². The Morgan fingerprint density at radius 3 is 2.53 bits per heavy atom. The number of anilines is 1. The van der Waals surface area contributed by atoms with E-state index in [0.717, 1.165) is 17.0 Å². The molecule has 2 aromatic carbocycles. The van der Waals surface area contributed by atoms with Gasteiger partial charge in [-0.15, -0.1) is 0 Å². The molecular formula is C22H15ClF2N4O3. The zero-order chi connectivity index (χ0) is 22.9. The normalized spacial score (nSPS) is 23.7. The second-order valence-electron chi connectivity index (χ2n) is 8.06. The fourth-order valence-electron chi connectivity index (χ4n) is 4.96. The van der Waals surface area contributed by atoms with E-state index >= 15 is 0 Å². The predicted molar refractivity (Wildman–Crippen MR) is 109 cm³/mol. The number of carbonyl (C=O) groups is 3. The van der Waals surface area contributed by atoms with E-state index in [9.17, 15) is 23.2 Å². The Hall–Kier alpha value is -3.51. The Bertz CT molecular complexity index is 1240. The van der Waals surface area contributed by atoms with Crippen LogP contribution in [0.3, 0.4) is 0 Å². The number of piperazine rings is 1. The van der Waals surface area contributed by atoms with Crippen LogP contribution in [0.5, 0.6) is 0 Å². The number of imide groups is 1. The molecule has 32 heavy (non-hydrogen) atoms. The number of likely N-dealkylation sites (tertiary alicyclic amines) is 1. The van der Waals surface area contributed by atoms with Gasteiger partial charge in [0, 0.05) is 18.2 Å². The molecule has 162 valence electrons. The van der Waals surface area contributed by atoms with Crippen LogP contribution in [0.4, 0.5) is 19.3 Å². The maximum absolute atomic E-state index is 13.6. The summed E-state index contributed by atoms with van der Waals surface area (Å²) in [5.41, 5.74) is 0.781. The van der Waals surface area contributed by atoms with Crippen molar-refractivity contribution in [2.24, 2.45) is 0 Å². The van der Waals surface area contributed by atoms with Crippen molar-refractivity contribution in [1.29, 1.82) is 5.26 Å². The van der Waals surface area contributed by atoms with E-state index in [2.05, 4.69) is 0 Å². The number of rotatable bonds is 2. The molecule has 3 atom stereocenters. The highest BCUT2D eigenvalue weighted by molar-refractivity contribution is 6.33. The lowest BCUT2D eigenvalue weighted by atomic mass is 10.1. The van der Waals surface area contributed by atoms with E-state index in [4.69, 9.17) is 16.9 Å². The Balaban J connectivity index is 1.47. The number of urea groups is 1. The van der Waals surface area contributed by atoms with Crippen molar-refractivity contribution in [2.45, 2.75) is 31.5 Å². The molecule has 0 N–H and O–H groups in total. The maximum atomic E-state index is 13.6. The summed E-state index contributed by atoms with van der Waals surface area (Å²) < 4.78 is 27.2. The average Bonchev–Trinajstić information content (AvgIpc) is 3.41. The van der Waals surface area contributed by atoms with Crippen LogP contribution < -0.4 is 4.90 Å². The van der Waals surface area contributed by atoms with Crippen molar-refractivity contribution in [1.82, 2.24) is 9.80 Å². The van der Waals surface area contributed by atoms with Crippen molar-refractivity contribution < 1.29 is 23.2 Å². The summed E-state index contributed by atoms with van der Waals surface area (Å²) in [7, 11) is 0. The number of benzene rings is 2. The monoisotopic (exact) mass is 456 g/mol. The Labute approximate surface area is 186 Å². The van der Waals surface area contributed by atoms with Crippen LogP contribution in [0.15, 0.2) is 30.3 Å². The molecular weight excluding hydrogens is 442 g/mol. The molecule has 0 aliphatic carbocycles. The highest BCUT2D eigenvalue weighted by Gasteiger charge is 2.63. The van der Waals surface area contributed by atoms with E-state index < -0.39 is 41.6 Å². The van der Waals surface area contributed by atoms with Gasteiger partial charge in [-0.1, -0.05) is 11.6 Å². The number of hydrogen-bond donors (Lipinski definition) is 0.